The van der Waals surface area contributed by atoms with Crippen LogP contribution in [0.4, 0.5) is 17.1 Å². The summed E-state index contributed by atoms with van der Waals surface area (Å²) in [7, 11) is 0. The molecule has 10 nitrogen and oxygen atoms in total. The standard InChI is InChI=1S/C27H23N3O7/c1-14-10-20(8-9-21(14)29-25(32)23-15-2-3-16(11-15)24(23)26(29)33)37-27(34)17-12-22(31)28(13-17)18-4-6-19(7-5-18)30(35)36/h2-10,15-17,23-24H,11-13H2,1H3/t15-,16-,17+,23-,24-/m0/s1. The molecule has 5 atom stereocenters. The first kappa shape index (κ1) is 23.1. The predicted octanol–water partition coefficient (Wildman–Crippen LogP) is 3.17. The number of carbonyl (C=O) groups is 4. The molecule has 3 fully saturated rings. The van der Waals surface area contributed by atoms with Gasteiger partial charge in [-0.05, 0) is 61.1 Å². The number of amides is 3. The van der Waals surface area contributed by atoms with Gasteiger partial charge in [0.25, 0.3) is 5.69 Å². The number of hydrogen-bond acceptors (Lipinski definition) is 7. The number of imide groups is 1. The maximum Gasteiger partial charge on any atom is 0.316 e. The van der Waals surface area contributed by atoms with Crippen molar-refractivity contribution in [1.82, 2.24) is 0 Å². The second kappa shape index (κ2) is 8.36. The van der Waals surface area contributed by atoms with E-state index in [4.69, 9.17) is 4.74 Å². The molecule has 0 N–H and O–H groups in total. The maximum absolute atomic E-state index is 13.1. The summed E-state index contributed by atoms with van der Waals surface area (Å²) in [6.45, 7) is 1.85. The molecule has 37 heavy (non-hydrogen) atoms. The minimum Gasteiger partial charge on any atom is -0.426 e. The van der Waals surface area contributed by atoms with E-state index >= 15 is 0 Å². The van der Waals surface area contributed by atoms with Crippen molar-refractivity contribution in [3.63, 3.8) is 0 Å². The number of esters is 1. The predicted molar refractivity (Wildman–Crippen MR) is 131 cm³/mol. The highest BCUT2D eigenvalue weighted by molar-refractivity contribution is 6.23. The van der Waals surface area contributed by atoms with Crippen LogP contribution in [-0.4, -0.2) is 35.2 Å². The molecule has 2 aliphatic carbocycles. The van der Waals surface area contributed by atoms with Crippen LogP contribution in [0.15, 0.2) is 54.6 Å². The van der Waals surface area contributed by atoms with Crippen LogP contribution in [0.1, 0.15) is 18.4 Å². The lowest BCUT2D eigenvalue weighted by Gasteiger charge is -2.20. The Kier molecular flexibility index (Phi) is 5.22. The quantitative estimate of drug-likeness (QED) is 0.154. The van der Waals surface area contributed by atoms with Crippen LogP contribution < -0.4 is 14.5 Å². The number of anilines is 2. The smallest absolute Gasteiger partial charge is 0.316 e. The SMILES string of the molecule is Cc1cc(OC(=O)[C@@H]2CC(=O)N(c3ccc([N+](=O)[O-])cc3)C2)ccc1N1C(=O)[C@@H]2[C@@H](C1=O)[C@H]1C=C[C@H]2C1. The summed E-state index contributed by atoms with van der Waals surface area (Å²) in [5, 5.41) is 10.9. The molecule has 0 aromatic heterocycles. The van der Waals surface area contributed by atoms with E-state index in [0.29, 0.717) is 16.9 Å². The van der Waals surface area contributed by atoms with Gasteiger partial charge in [-0.3, -0.25) is 29.3 Å². The number of carbonyl (C=O) groups excluding carboxylic acids is 4. The van der Waals surface area contributed by atoms with Crippen LogP contribution in [0.3, 0.4) is 0 Å². The van der Waals surface area contributed by atoms with Crippen molar-refractivity contribution in [2.45, 2.75) is 19.8 Å². The van der Waals surface area contributed by atoms with Crippen molar-refractivity contribution in [3.8, 4) is 5.75 Å². The number of nitrogens with zero attached hydrogens (tertiary/aromatic N) is 3. The number of fused-ring (bicyclic) bond motifs is 5. The fraction of sp³-hybridized carbons (Fsp3) is 0.333. The zero-order chi connectivity index (χ0) is 26.0. The van der Waals surface area contributed by atoms with E-state index in [1.54, 1.807) is 25.1 Å². The molecule has 0 unspecified atom stereocenters. The summed E-state index contributed by atoms with van der Waals surface area (Å²) in [6.07, 6.45) is 4.92. The minimum atomic E-state index is -0.702. The highest BCUT2D eigenvalue weighted by atomic mass is 16.6. The van der Waals surface area contributed by atoms with Crippen LogP contribution in [-0.2, 0) is 19.2 Å². The molecule has 188 valence electrons. The summed E-state index contributed by atoms with van der Waals surface area (Å²) in [4.78, 5) is 64.6. The van der Waals surface area contributed by atoms with Crippen LogP contribution in [0.25, 0.3) is 0 Å². The monoisotopic (exact) mass is 501 g/mol. The third-order valence-corrected chi connectivity index (χ3v) is 7.93. The van der Waals surface area contributed by atoms with Crippen LogP contribution in [0.2, 0.25) is 0 Å². The molecule has 0 radical (unpaired) electrons. The van der Waals surface area contributed by atoms with E-state index in [9.17, 15) is 29.3 Å². The second-order valence-corrected chi connectivity index (χ2v) is 10.1. The molecule has 2 heterocycles. The summed E-state index contributed by atoms with van der Waals surface area (Å²) in [5.41, 5.74) is 1.50. The molecule has 2 aromatic carbocycles. The average Bonchev–Trinajstić information content (AvgIpc) is 3.63. The first-order chi connectivity index (χ1) is 17.7. The average molecular weight is 501 g/mol. The van der Waals surface area contributed by atoms with Gasteiger partial charge in [-0.15, -0.1) is 0 Å². The Morgan fingerprint density at radius 2 is 1.65 bits per heavy atom. The number of allylic oxidation sites excluding steroid dienone is 2. The topological polar surface area (TPSA) is 127 Å². The molecular weight excluding hydrogens is 478 g/mol. The third-order valence-electron chi connectivity index (χ3n) is 7.93. The van der Waals surface area contributed by atoms with E-state index in [-0.39, 0.29) is 65.8 Å². The maximum atomic E-state index is 13.1. The van der Waals surface area contributed by atoms with Gasteiger partial charge in [-0.25, -0.2) is 4.90 Å². The Morgan fingerprint density at radius 3 is 2.24 bits per heavy atom. The zero-order valence-corrected chi connectivity index (χ0v) is 19.9. The first-order valence-corrected chi connectivity index (χ1v) is 12.2. The van der Waals surface area contributed by atoms with E-state index < -0.39 is 16.8 Å². The number of aryl methyl sites for hydroxylation is 1. The molecule has 10 heteroatoms. The van der Waals surface area contributed by atoms with E-state index in [1.165, 1.54) is 34.1 Å². The van der Waals surface area contributed by atoms with Crippen LogP contribution in [0.5, 0.6) is 5.75 Å². The van der Waals surface area contributed by atoms with Gasteiger partial charge >= 0.3 is 5.97 Å². The number of ether oxygens (including phenoxy) is 1. The summed E-state index contributed by atoms with van der Waals surface area (Å²) >= 11 is 0. The van der Waals surface area contributed by atoms with Crippen LogP contribution in [0, 0.1) is 46.6 Å². The highest BCUT2D eigenvalue weighted by Crippen LogP contribution is 2.53. The molecule has 2 bridgehead atoms. The lowest BCUT2D eigenvalue weighted by atomic mass is 9.85. The summed E-state index contributed by atoms with van der Waals surface area (Å²) in [6, 6.07) is 10.3. The normalized spacial score (nSPS) is 27.8. The molecule has 3 amide bonds. The van der Waals surface area contributed by atoms with Crippen molar-refractivity contribution in [1.29, 1.82) is 0 Å². The van der Waals surface area contributed by atoms with Crippen molar-refractivity contribution < 1.29 is 28.8 Å². The Labute approximate surface area is 211 Å². The lowest BCUT2D eigenvalue weighted by Crippen LogP contribution is -2.33. The van der Waals surface area contributed by atoms with Gasteiger partial charge in [0.05, 0.1) is 28.4 Å². The van der Waals surface area contributed by atoms with Gasteiger partial charge in [0.2, 0.25) is 17.7 Å². The van der Waals surface area contributed by atoms with Crippen molar-refractivity contribution in [2.24, 2.45) is 29.6 Å². The fourth-order valence-corrected chi connectivity index (χ4v) is 6.15. The first-order valence-electron chi connectivity index (χ1n) is 12.2. The molecule has 4 aliphatic rings. The van der Waals surface area contributed by atoms with Gasteiger partial charge in [0, 0.05) is 30.8 Å². The Morgan fingerprint density at radius 1 is 1.00 bits per heavy atom. The van der Waals surface area contributed by atoms with Gasteiger partial charge in [-0.2, -0.15) is 0 Å². The Bertz CT molecular complexity index is 1370. The van der Waals surface area contributed by atoms with Gasteiger partial charge < -0.3 is 9.64 Å². The highest BCUT2D eigenvalue weighted by Gasteiger charge is 2.59. The molecule has 0 spiro atoms. The number of hydrogen-bond donors (Lipinski definition) is 0. The number of nitro benzene ring substituents is 1. The Hall–Kier alpha value is -4.34. The molecule has 2 aliphatic heterocycles. The second-order valence-electron chi connectivity index (χ2n) is 10.1. The number of benzene rings is 2. The number of nitro groups is 1. The number of non-ortho nitro benzene ring substituents is 1. The Balaban J connectivity index is 1.14. The van der Waals surface area contributed by atoms with Gasteiger partial charge in [0.1, 0.15) is 5.75 Å². The largest absolute Gasteiger partial charge is 0.426 e. The van der Waals surface area contributed by atoms with Crippen molar-refractivity contribution in [2.75, 3.05) is 16.3 Å². The van der Waals surface area contributed by atoms with Crippen molar-refractivity contribution >= 4 is 40.8 Å². The van der Waals surface area contributed by atoms with Gasteiger partial charge in [-0.1, -0.05) is 12.2 Å². The van der Waals surface area contributed by atoms with E-state index in [1.807, 2.05) is 12.2 Å². The summed E-state index contributed by atoms with van der Waals surface area (Å²) in [5.74, 6) is -1.98. The van der Waals surface area contributed by atoms with E-state index in [2.05, 4.69) is 0 Å². The molecule has 2 saturated heterocycles. The lowest BCUT2D eigenvalue weighted by molar-refractivity contribution is -0.384. The molecular formula is C27H23N3O7. The van der Waals surface area contributed by atoms with Crippen LogP contribution >= 0.6 is 0 Å². The molecule has 2 aromatic rings. The van der Waals surface area contributed by atoms with Gasteiger partial charge in [0.15, 0.2) is 0 Å². The molecule has 1 saturated carbocycles. The van der Waals surface area contributed by atoms with Crippen molar-refractivity contribution in [3.05, 3.63) is 70.3 Å². The van der Waals surface area contributed by atoms with E-state index in [0.717, 1.165) is 6.42 Å². The fourth-order valence-electron chi connectivity index (χ4n) is 6.15. The zero-order valence-electron chi connectivity index (χ0n) is 19.9. The third kappa shape index (κ3) is 3.62. The summed E-state index contributed by atoms with van der Waals surface area (Å²) < 4.78 is 5.55. The number of rotatable bonds is 5. The molecule has 6 rings (SSSR count). The minimum absolute atomic E-state index is 0.0389.